The zero-order chi connectivity index (χ0) is 22.7. The van der Waals surface area contributed by atoms with Crippen molar-refractivity contribution in [1.29, 1.82) is 0 Å². The molecule has 2 N–H and O–H groups in total. The van der Waals surface area contributed by atoms with Crippen LogP contribution in [0.2, 0.25) is 5.02 Å². The minimum absolute atomic E-state index is 0.0110. The Labute approximate surface area is 188 Å². The standard InChI is InChI=1S/C24H17ClN2O5/c25-17-3-1-2-16(12-17)14-32-20-10-4-15(5-11-20)13-21-22(29)26-24(31)27(23(21)30)18-6-8-19(28)9-7-18/h1-13,28H,14H2,(H,26,29,31)/b21-13+. The van der Waals surface area contributed by atoms with Gasteiger partial charge in [0.1, 0.15) is 23.7 Å². The summed E-state index contributed by atoms with van der Waals surface area (Å²) in [4.78, 5) is 38.2. The number of urea groups is 1. The Hall–Kier alpha value is -4.10. The van der Waals surface area contributed by atoms with Crippen LogP contribution in [0.25, 0.3) is 6.08 Å². The Balaban J connectivity index is 1.51. The van der Waals surface area contributed by atoms with E-state index in [1.54, 1.807) is 30.3 Å². The number of carbonyl (C=O) groups excluding carboxylic acids is 3. The minimum atomic E-state index is -0.854. The van der Waals surface area contributed by atoms with E-state index in [1.807, 2.05) is 18.2 Å². The summed E-state index contributed by atoms with van der Waals surface area (Å²) in [6, 6.07) is 18.8. The van der Waals surface area contributed by atoms with Gasteiger partial charge in [-0.25, -0.2) is 9.69 Å². The van der Waals surface area contributed by atoms with E-state index in [-0.39, 0.29) is 17.0 Å². The third-order valence-electron chi connectivity index (χ3n) is 4.70. The van der Waals surface area contributed by atoms with Gasteiger partial charge < -0.3 is 9.84 Å². The van der Waals surface area contributed by atoms with Crippen LogP contribution in [0.15, 0.2) is 78.4 Å². The summed E-state index contributed by atoms with van der Waals surface area (Å²) in [5, 5.41) is 12.2. The van der Waals surface area contributed by atoms with Crippen molar-refractivity contribution >= 4 is 41.2 Å². The molecule has 1 aliphatic heterocycles. The molecule has 0 radical (unpaired) electrons. The zero-order valence-electron chi connectivity index (χ0n) is 16.6. The molecule has 3 aromatic carbocycles. The average molecular weight is 449 g/mol. The summed E-state index contributed by atoms with van der Waals surface area (Å²) in [5.74, 6) is -0.947. The number of anilines is 1. The highest BCUT2D eigenvalue weighted by Gasteiger charge is 2.36. The normalized spacial score (nSPS) is 15.1. The molecular weight excluding hydrogens is 432 g/mol. The van der Waals surface area contributed by atoms with E-state index in [1.165, 1.54) is 30.3 Å². The maximum absolute atomic E-state index is 12.9. The van der Waals surface area contributed by atoms with Crippen LogP contribution < -0.4 is 15.0 Å². The average Bonchev–Trinajstić information content (AvgIpc) is 2.77. The fraction of sp³-hybridized carbons (Fsp3) is 0.0417. The molecule has 1 saturated heterocycles. The molecule has 0 atom stereocenters. The predicted octanol–water partition coefficient (Wildman–Crippen LogP) is 4.29. The van der Waals surface area contributed by atoms with Crippen molar-refractivity contribution in [3.05, 3.63) is 94.5 Å². The maximum Gasteiger partial charge on any atom is 0.335 e. The molecule has 0 aliphatic carbocycles. The van der Waals surface area contributed by atoms with Crippen molar-refractivity contribution < 1.29 is 24.2 Å². The highest BCUT2D eigenvalue weighted by atomic mass is 35.5. The second-order valence-corrected chi connectivity index (χ2v) is 7.40. The summed E-state index contributed by atoms with van der Waals surface area (Å²) in [6.07, 6.45) is 1.40. The Morgan fingerprint density at radius 2 is 1.69 bits per heavy atom. The van der Waals surface area contributed by atoms with Crippen LogP contribution in [0.3, 0.4) is 0 Å². The van der Waals surface area contributed by atoms with Gasteiger partial charge in [0.25, 0.3) is 11.8 Å². The monoisotopic (exact) mass is 448 g/mol. The molecule has 4 amide bonds. The zero-order valence-corrected chi connectivity index (χ0v) is 17.4. The first kappa shape index (κ1) is 21.1. The van der Waals surface area contributed by atoms with Gasteiger partial charge >= 0.3 is 6.03 Å². The Morgan fingerprint density at radius 1 is 0.969 bits per heavy atom. The lowest BCUT2D eigenvalue weighted by molar-refractivity contribution is -0.122. The Bertz CT molecular complexity index is 1220. The molecule has 7 nitrogen and oxygen atoms in total. The molecule has 0 saturated carbocycles. The Kier molecular flexibility index (Phi) is 5.91. The first-order valence-electron chi connectivity index (χ1n) is 9.58. The number of amides is 4. The van der Waals surface area contributed by atoms with Gasteiger partial charge in [-0.2, -0.15) is 0 Å². The molecular formula is C24H17ClN2O5. The van der Waals surface area contributed by atoms with Crippen molar-refractivity contribution in [2.24, 2.45) is 0 Å². The van der Waals surface area contributed by atoms with E-state index in [0.717, 1.165) is 10.5 Å². The first-order chi connectivity index (χ1) is 15.4. The highest BCUT2D eigenvalue weighted by Crippen LogP contribution is 2.24. The van der Waals surface area contributed by atoms with Gasteiger partial charge in [-0.15, -0.1) is 0 Å². The van der Waals surface area contributed by atoms with Gasteiger partial charge in [-0.05, 0) is 65.7 Å². The largest absolute Gasteiger partial charge is 0.508 e. The Morgan fingerprint density at radius 3 is 2.38 bits per heavy atom. The van der Waals surface area contributed by atoms with Crippen LogP contribution >= 0.6 is 11.6 Å². The number of benzene rings is 3. The molecule has 32 heavy (non-hydrogen) atoms. The number of hydrogen-bond acceptors (Lipinski definition) is 5. The maximum atomic E-state index is 12.9. The van der Waals surface area contributed by atoms with Crippen molar-refractivity contribution in [2.45, 2.75) is 6.61 Å². The fourth-order valence-electron chi connectivity index (χ4n) is 3.11. The number of barbiturate groups is 1. The molecule has 160 valence electrons. The predicted molar refractivity (Wildman–Crippen MR) is 119 cm³/mol. The molecule has 0 aromatic heterocycles. The smallest absolute Gasteiger partial charge is 0.335 e. The number of rotatable bonds is 5. The number of halogens is 1. The second kappa shape index (κ2) is 8.95. The molecule has 1 heterocycles. The number of phenolic OH excluding ortho intramolecular Hbond substituents is 1. The number of imide groups is 2. The molecule has 3 aromatic rings. The van der Waals surface area contributed by atoms with Crippen LogP contribution in [-0.4, -0.2) is 23.0 Å². The van der Waals surface area contributed by atoms with Gasteiger partial charge in [0.05, 0.1) is 5.69 Å². The lowest BCUT2D eigenvalue weighted by atomic mass is 10.1. The molecule has 8 heteroatoms. The van der Waals surface area contributed by atoms with Gasteiger partial charge in [0.15, 0.2) is 0 Å². The quantitative estimate of drug-likeness (QED) is 0.448. The van der Waals surface area contributed by atoms with Gasteiger partial charge in [0, 0.05) is 5.02 Å². The number of nitrogens with one attached hydrogen (secondary N) is 1. The van der Waals surface area contributed by atoms with Crippen molar-refractivity contribution in [3.8, 4) is 11.5 Å². The number of hydrogen-bond donors (Lipinski definition) is 2. The van der Waals surface area contributed by atoms with E-state index in [2.05, 4.69) is 5.32 Å². The van der Waals surface area contributed by atoms with Crippen LogP contribution in [0.5, 0.6) is 11.5 Å². The van der Waals surface area contributed by atoms with Crippen LogP contribution in [0.1, 0.15) is 11.1 Å². The summed E-state index contributed by atoms with van der Waals surface area (Å²) in [6.45, 7) is 0.339. The van der Waals surface area contributed by atoms with Crippen LogP contribution in [0, 0.1) is 0 Å². The van der Waals surface area contributed by atoms with Crippen molar-refractivity contribution in [2.75, 3.05) is 4.90 Å². The lowest BCUT2D eigenvalue weighted by Gasteiger charge is -2.26. The van der Waals surface area contributed by atoms with E-state index in [9.17, 15) is 19.5 Å². The van der Waals surface area contributed by atoms with E-state index < -0.39 is 17.8 Å². The molecule has 1 aliphatic rings. The summed E-state index contributed by atoms with van der Waals surface area (Å²) in [7, 11) is 0. The van der Waals surface area contributed by atoms with Gasteiger partial charge in [-0.1, -0.05) is 35.9 Å². The van der Waals surface area contributed by atoms with E-state index >= 15 is 0 Å². The lowest BCUT2D eigenvalue weighted by Crippen LogP contribution is -2.54. The minimum Gasteiger partial charge on any atom is -0.508 e. The number of aromatic hydroxyl groups is 1. The SMILES string of the molecule is O=C1NC(=O)N(c2ccc(O)cc2)C(=O)/C1=C/c1ccc(OCc2cccc(Cl)c2)cc1. The summed E-state index contributed by atoms with van der Waals surface area (Å²) >= 11 is 5.97. The van der Waals surface area contributed by atoms with Crippen molar-refractivity contribution in [1.82, 2.24) is 5.32 Å². The van der Waals surface area contributed by atoms with Crippen LogP contribution in [-0.2, 0) is 16.2 Å². The first-order valence-corrected chi connectivity index (χ1v) is 9.96. The van der Waals surface area contributed by atoms with Crippen LogP contribution in [0.4, 0.5) is 10.5 Å². The second-order valence-electron chi connectivity index (χ2n) is 6.96. The summed E-state index contributed by atoms with van der Waals surface area (Å²) < 4.78 is 5.73. The molecule has 0 spiro atoms. The highest BCUT2D eigenvalue weighted by molar-refractivity contribution is 6.39. The molecule has 1 fully saturated rings. The third-order valence-corrected chi connectivity index (χ3v) is 4.93. The van der Waals surface area contributed by atoms with Gasteiger partial charge in [0.2, 0.25) is 0 Å². The number of carbonyl (C=O) groups is 3. The van der Waals surface area contributed by atoms with E-state index in [4.69, 9.17) is 16.3 Å². The van der Waals surface area contributed by atoms with Gasteiger partial charge in [-0.3, -0.25) is 14.9 Å². The number of ether oxygens (including phenoxy) is 1. The topological polar surface area (TPSA) is 95.9 Å². The van der Waals surface area contributed by atoms with E-state index in [0.29, 0.717) is 22.9 Å². The number of nitrogens with zero attached hydrogens (tertiary/aromatic N) is 1. The molecule has 0 bridgehead atoms. The fourth-order valence-corrected chi connectivity index (χ4v) is 3.33. The summed E-state index contributed by atoms with van der Waals surface area (Å²) in [5.41, 5.74) is 1.55. The molecule has 4 rings (SSSR count). The van der Waals surface area contributed by atoms with Crippen molar-refractivity contribution in [3.63, 3.8) is 0 Å². The molecule has 0 unspecified atom stereocenters. The number of phenols is 1. The third kappa shape index (κ3) is 4.63.